The molecule has 1 heterocycles. The Labute approximate surface area is 99.0 Å². The number of rotatable bonds is 8. The van der Waals surface area contributed by atoms with Crippen molar-refractivity contribution in [2.45, 2.75) is 65.0 Å². The van der Waals surface area contributed by atoms with Crippen LogP contribution in [0, 0.1) is 0 Å². The number of nitrogens with zero attached hydrogens (tertiary/aromatic N) is 2. The zero-order valence-electron chi connectivity index (χ0n) is 10.7. The molecule has 3 heteroatoms. The van der Waals surface area contributed by atoms with Gasteiger partial charge in [-0.3, -0.25) is 4.68 Å². The lowest BCUT2D eigenvalue weighted by Crippen LogP contribution is -2.09. The molecule has 0 saturated carbocycles. The quantitative estimate of drug-likeness (QED) is 0.687. The summed E-state index contributed by atoms with van der Waals surface area (Å²) in [6.07, 6.45) is 11.3. The van der Waals surface area contributed by atoms with Gasteiger partial charge in [-0.2, -0.15) is 5.10 Å². The van der Waals surface area contributed by atoms with E-state index < -0.39 is 0 Å². The van der Waals surface area contributed by atoms with Crippen LogP contribution in [0.5, 0.6) is 0 Å². The minimum absolute atomic E-state index is 0.169. The predicted molar refractivity (Wildman–Crippen MR) is 68.2 cm³/mol. The van der Waals surface area contributed by atoms with E-state index in [1.165, 1.54) is 31.2 Å². The summed E-state index contributed by atoms with van der Waals surface area (Å²) in [5.41, 5.74) is 7.32. The van der Waals surface area contributed by atoms with Gasteiger partial charge in [0.05, 0.1) is 6.20 Å². The van der Waals surface area contributed by atoms with Gasteiger partial charge in [0.15, 0.2) is 0 Å². The normalized spacial score (nSPS) is 12.9. The fourth-order valence-electron chi connectivity index (χ4n) is 1.88. The second kappa shape index (κ2) is 7.44. The molecular weight excluding hydrogens is 198 g/mol. The summed E-state index contributed by atoms with van der Waals surface area (Å²) in [5.74, 6) is 0. The Morgan fingerprint density at radius 3 is 2.75 bits per heavy atom. The Balaban J connectivity index is 2.31. The number of aryl methyl sites for hydroxylation is 1. The molecule has 16 heavy (non-hydrogen) atoms. The van der Waals surface area contributed by atoms with Crippen LogP contribution in [0.2, 0.25) is 0 Å². The highest BCUT2D eigenvalue weighted by Gasteiger charge is 2.07. The molecule has 0 aromatic carbocycles. The lowest BCUT2D eigenvalue weighted by molar-refractivity contribution is 0.563. The monoisotopic (exact) mass is 223 g/mol. The smallest absolute Gasteiger partial charge is 0.0537 e. The van der Waals surface area contributed by atoms with E-state index in [0.29, 0.717) is 0 Å². The summed E-state index contributed by atoms with van der Waals surface area (Å²) < 4.78 is 1.99. The van der Waals surface area contributed by atoms with Crippen LogP contribution in [0.15, 0.2) is 12.4 Å². The van der Waals surface area contributed by atoms with E-state index in [9.17, 15) is 0 Å². The van der Waals surface area contributed by atoms with Gasteiger partial charge < -0.3 is 5.73 Å². The molecule has 92 valence electrons. The molecule has 1 unspecified atom stereocenters. The van der Waals surface area contributed by atoms with Gasteiger partial charge >= 0.3 is 0 Å². The van der Waals surface area contributed by atoms with Crippen LogP contribution >= 0.6 is 0 Å². The molecule has 0 fully saturated rings. The average Bonchev–Trinajstić information content (AvgIpc) is 2.73. The van der Waals surface area contributed by atoms with Crippen LogP contribution in [-0.2, 0) is 6.54 Å². The molecule has 1 aromatic rings. The molecule has 0 radical (unpaired) electrons. The first-order valence-electron chi connectivity index (χ1n) is 6.55. The van der Waals surface area contributed by atoms with Gasteiger partial charge in [-0.25, -0.2) is 0 Å². The average molecular weight is 223 g/mol. The van der Waals surface area contributed by atoms with Crippen LogP contribution in [0.1, 0.15) is 64.0 Å². The van der Waals surface area contributed by atoms with Gasteiger partial charge in [0.1, 0.15) is 0 Å². The Morgan fingerprint density at radius 1 is 1.25 bits per heavy atom. The Morgan fingerprint density at radius 2 is 2.06 bits per heavy atom. The molecule has 0 amide bonds. The molecule has 1 aromatic heterocycles. The van der Waals surface area contributed by atoms with Gasteiger partial charge in [0.2, 0.25) is 0 Å². The molecule has 1 rings (SSSR count). The highest BCUT2D eigenvalue weighted by atomic mass is 15.3. The van der Waals surface area contributed by atoms with Crippen molar-refractivity contribution in [3.63, 3.8) is 0 Å². The first kappa shape index (κ1) is 13.2. The van der Waals surface area contributed by atoms with E-state index in [1.807, 2.05) is 10.9 Å². The highest BCUT2D eigenvalue weighted by molar-refractivity contribution is 5.09. The number of aromatic nitrogens is 2. The highest BCUT2D eigenvalue weighted by Crippen LogP contribution is 2.17. The third kappa shape index (κ3) is 4.35. The minimum Gasteiger partial charge on any atom is -0.324 e. The van der Waals surface area contributed by atoms with Gasteiger partial charge in [-0.15, -0.1) is 0 Å². The second-order valence-corrected chi connectivity index (χ2v) is 4.49. The van der Waals surface area contributed by atoms with E-state index in [0.717, 1.165) is 19.4 Å². The number of unbranched alkanes of at least 4 members (excludes halogenated alkanes) is 3. The van der Waals surface area contributed by atoms with Gasteiger partial charge in [0, 0.05) is 24.3 Å². The van der Waals surface area contributed by atoms with Crippen molar-refractivity contribution in [2.75, 3.05) is 0 Å². The van der Waals surface area contributed by atoms with Crippen LogP contribution in [0.4, 0.5) is 0 Å². The van der Waals surface area contributed by atoms with Crippen molar-refractivity contribution in [1.82, 2.24) is 9.78 Å². The van der Waals surface area contributed by atoms with Crippen molar-refractivity contribution in [2.24, 2.45) is 5.73 Å². The number of hydrogen-bond donors (Lipinski definition) is 1. The number of hydrogen-bond acceptors (Lipinski definition) is 2. The summed E-state index contributed by atoms with van der Waals surface area (Å²) >= 11 is 0. The van der Waals surface area contributed by atoms with Crippen molar-refractivity contribution >= 4 is 0 Å². The predicted octanol–water partition coefficient (Wildman–Crippen LogP) is 3.26. The van der Waals surface area contributed by atoms with E-state index in [-0.39, 0.29) is 6.04 Å². The van der Waals surface area contributed by atoms with Crippen LogP contribution in [-0.4, -0.2) is 9.78 Å². The lowest BCUT2D eigenvalue weighted by atomic mass is 10.0. The van der Waals surface area contributed by atoms with E-state index in [2.05, 4.69) is 25.1 Å². The summed E-state index contributed by atoms with van der Waals surface area (Å²) in [4.78, 5) is 0. The molecule has 0 bridgehead atoms. The molecule has 0 aliphatic carbocycles. The second-order valence-electron chi connectivity index (χ2n) is 4.49. The summed E-state index contributed by atoms with van der Waals surface area (Å²) in [5, 5.41) is 4.31. The molecule has 0 aliphatic heterocycles. The minimum atomic E-state index is 0.169. The van der Waals surface area contributed by atoms with Gasteiger partial charge in [0.25, 0.3) is 0 Å². The van der Waals surface area contributed by atoms with Crippen molar-refractivity contribution in [3.05, 3.63) is 18.0 Å². The molecule has 0 aliphatic rings. The summed E-state index contributed by atoms with van der Waals surface area (Å²) in [6.45, 7) is 5.38. The van der Waals surface area contributed by atoms with Crippen LogP contribution in [0.3, 0.4) is 0 Å². The van der Waals surface area contributed by atoms with Gasteiger partial charge in [-0.1, -0.05) is 39.5 Å². The maximum Gasteiger partial charge on any atom is 0.0537 e. The van der Waals surface area contributed by atoms with E-state index in [4.69, 9.17) is 5.73 Å². The third-order valence-electron chi connectivity index (χ3n) is 2.90. The third-order valence-corrected chi connectivity index (χ3v) is 2.90. The summed E-state index contributed by atoms with van der Waals surface area (Å²) in [6, 6.07) is 0.169. The molecular formula is C13H25N3. The maximum absolute atomic E-state index is 6.13. The standard InChI is InChI=1S/C13H25N3/c1-3-5-6-7-8-13(14)12-10-15-16(11-12)9-4-2/h10-11,13H,3-9,14H2,1-2H3. The Kier molecular flexibility index (Phi) is 6.16. The zero-order chi connectivity index (χ0) is 11.8. The van der Waals surface area contributed by atoms with Crippen LogP contribution in [0.25, 0.3) is 0 Å². The van der Waals surface area contributed by atoms with Crippen molar-refractivity contribution < 1.29 is 0 Å². The van der Waals surface area contributed by atoms with Gasteiger partial charge in [-0.05, 0) is 12.8 Å². The first-order chi connectivity index (χ1) is 7.77. The van der Waals surface area contributed by atoms with Crippen LogP contribution < -0.4 is 5.73 Å². The first-order valence-corrected chi connectivity index (χ1v) is 6.55. The fraction of sp³-hybridized carbons (Fsp3) is 0.769. The van der Waals surface area contributed by atoms with E-state index in [1.54, 1.807) is 0 Å². The Hall–Kier alpha value is -0.830. The SMILES string of the molecule is CCCCCCC(N)c1cnn(CCC)c1. The largest absolute Gasteiger partial charge is 0.324 e. The molecule has 0 saturated heterocycles. The molecule has 2 N–H and O–H groups in total. The molecule has 0 spiro atoms. The maximum atomic E-state index is 6.13. The van der Waals surface area contributed by atoms with E-state index >= 15 is 0 Å². The van der Waals surface area contributed by atoms with Crippen molar-refractivity contribution in [3.8, 4) is 0 Å². The number of nitrogens with two attached hydrogens (primary N) is 1. The fourth-order valence-corrected chi connectivity index (χ4v) is 1.88. The topological polar surface area (TPSA) is 43.8 Å². The van der Waals surface area contributed by atoms with Crippen molar-refractivity contribution in [1.29, 1.82) is 0 Å². The molecule has 1 atom stereocenters. The zero-order valence-corrected chi connectivity index (χ0v) is 10.7. The Bertz CT molecular complexity index is 280. The lowest BCUT2D eigenvalue weighted by Gasteiger charge is -2.08. The molecule has 3 nitrogen and oxygen atoms in total. The summed E-state index contributed by atoms with van der Waals surface area (Å²) in [7, 11) is 0.